The second-order valence-electron chi connectivity index (χ2n) is 4.97. The highest BCUT2D eigenvalue weighted by Crippen LogP contribution is 2.33. The molecule has 0 aliphatic heterocycles. The van der Waals surface area contributed by atoms with Gasteiger partial charge in [0.05, 0.1) is 14.2 Å². The van der Waals surface area contributed by atoms with E-state index in [0.29, 0.717) is 6.04 Å². The molecule has 2 aromatic rings. The number of nitrogens with one attached hydrogen (secondary N) is 1. The summed E-state index contributed by atoms with van der Waals surface area (Å²) in [5.74, 6) is 1.50. The fraction of sp³-hybridized carbons (Fsp3) is 0.333. The van der Waals surface area contributed by atoms with Crippen molar-refractivity contribution in [3.63, 3.8) is 0 Å². The van der Waals surface area contributed by atoms with Crippen molar-refractivity contribution in [3.05, 3.63) is 48.0 Å². The molecule has 3 heteroatoms. The van der Waals surface area contributed by atoms with Gasteiger partial charge in [-0.25, -0.2) is 0 Å². The van der Waals surface area contributed by atoms with Crippen LogP contribution in [0.1, 0.15) is 25.5 Å². The normalized spacial score (nSPS) is 12.0. The molecule has 2 rings (SSSR count). The molecular weight excluding hydrogens is 262 g/mol. The summed E-state index contributed by atoms with van der Waals surface area (Å²) in [6.07, 6.45) is 0. The van der Waals surface area contributed by atoms with Crippen LogP contribution in [0.15, 0.2) is 42.5 Å². The maximum Gasteiger partial charge on any atom is 0.161 e. The molecule has 1 unspecified atom stereocenters. The monoisotopic (exact) mass is 285 g/mol. The molecule has 0 aliphatic carbocycles. The van der Waals surface area contributed by atoms with Gasteiger partial charge in [-0.15, -0.1) is 0 Å². The number of hydrogen-bond donors (Lipinski definition) is 1. The molecule has 0 amide bonds. The summed E-state index contributed by atoms with van der Waals surface area (Å²) in [6, 6.07) is 14.9. The SMILES string of the molecule is CCNC(C)c1cccc(-c2ccc(OC)c(OC)c2)c1. The van der Waals surface area contributed by atoms with E-state index in [0.717, 1.165) is 23.6 Å². The topological polar surface area (TPSA) is 30.5 Å². The minimum Gasteiger partial charge on any atom is -0.493 e. The van der Waals surface area contributed by atoms with Gasteiger partial charge in [-0.3, -0.25) is 0 Å². The van der Waals surface area contributed by atoms with Crippen LogP contribution in [0.5, 0.6) is 11.5 Å². The van der Waals surface area contributed by atoms with E-state index in [9.17, 15) is 0 Å². The molecule has 2 aromatic carbocycles. The highest BCUT2D eigenvalue weighted by molar-refractivity contribution is 5.68. The molecule has 0 radical (unpaired) electrons. The molecule has 1 atom stereocenters. The molecule has 0 aromatic heterocycles. The van der Waals surface area contributed by atoms with Crippen LogP contribution in [0.2, 0.25) is 0 Å². The van der Waals surface area contributed by atoms with Crippen molar-refractivity contribution in [2.24, 2.45) is 0 Å². The molecule has 0 saturated carbocycles. The van der Waals surface area contributed by atoms with Crippen LogP contribution in [-0.4, -0.2) is 20.8 Å². The maximum atomic E-state index is 5.38. The minimum atomic E-state index is 0.343. The first-order valence-electron chi connectivity index (χ1n) is 7.25. The van der Waals surface area contributed by atoms with E-state index in [1.54, 1.807) is 14.2 Å². The second-order valence-corrected chi connectivity index (χ2v) is 4.97. The molecule has 0 heterocycles. The molecule has 0 fully saturated rings. The van der Waals surface area contributed by atoms with Crippen LogP contribution in [0.4, 0.5) is 0 Å². The zero-order valence-corrected chi connectivity index (χ0v) is 13.1. The van der Waals surface area contributed by atoms with Crippen molar-refractivity contribution >= 4 is 0 Å². The number of hydrogen-bond acceptors (Lipinski definition) is 3. The summed E-state index contributed by atoms with van der Waals surface area (Å²) in [5, 5.41) is 3.44. The van der Waals surface area contributed by atoms with Gasteiger partial charge in [0.15, 0.2) is 11.5 Å². The summed E-state index contributed by atoms with van der Waals surface area (Å²) in [4.78, 5) is 0. The van der Waals surface area contributed by atoms with Crippen LogP contribution < -0.4 is 14.8 Å². The Balaban J connectivity index is 2.36. The summed E-state index contributed by atoms with van der Waals surface area (Å²) in [5.41, 5.74) is 3.58. The predicted octanol–water partition coefficient (Wildman–Crippen LogP) is 4.04. The Bertz CT molecular complexity index is 596. The standard InChI is InChI=1S/C18H23NO2/c1-5-19-13(2)14-7-6-8-15(11-14)16-9-10-17(20-3)18(12-16)21-4/h6-13,19H,5H2,1-4H3. The average Bonchev–Trinajstić information content (AvgIpc) is 2.54. The van der Waals surface area contributed by atoms with Crippen LogP contribution in [-0.2, 0) is 0 Å². The Morgan fingerprint density at radius 1 is 0.952 bits per heavy atom. The van der Waals surface area contributed by atoms with E-state index in [4.69, 9.17) is 9.47 Å². The number of ether oxygens (including phenoxy) is 2. The Kier molecular flexibility index (Phi) is 5.23. The van der Waals surface area contributed by atoms with Gasteiger partial charge in [-0.05, 0) is 48.4 Å². The van der Waals surface area contributed by atoms with E-state index in [2.05, 4.69) is 49.5 Å². The van der Waals surface area contributed by atoms with Gasteiger partial charge in [-0.1, -0.05) is 31.2 Å². The molecular formula is C18H23NO2. The van der Waals surface area contributed by atoms with Gasteiger partial charge in [-0.2, -0.15) is 0 Å². The first kappa shape index (κ1) is 15.4. The summed E-state index contributed by atoms with van der Waals surface area (Å²) in [7, 11) is 3.31. The van der Waals surface area contributed by atoms with E-state index >= 15 is 0 Å². The zero-order valence-electron chi connectivity index (χ0n) is 13.1. The molecule has 0 bridgehead atoms. The lowest BCUT2D eigenvalue weighted by Gasteiger charge is -2.15. The van der Waals surface area contributed by atoms with Crippen LogP contribution in [0, 0.1) is 0 Å². The van der Waals surface area contributed by atoms with Crippen molar-refractivity contribution in [1.29, 1.82) is 0 Å². The Hall–Kier alpha value is -2.00. The second kappa shape index (κ2) is 7.14. The van der Waals surface area contributed by atoms with Gasteiger partial charge in [0.2, 0.25) is 0 Å². The van der Waals surface area contributed by atoms with Gasteiger partial charge in [0, 0.05) is 6.04 Å². The van der Waals surface area contributed by atoms with E-state index in [1.807, 2.05) is 12.1 Å². The van der Waals surface area contributed by atoms with Gasteiger partial charge in [0.25, 0.3) is 0 Å². The predicted molar refractivity (Wildman–Crippen MR) is 87.1 cm³/mol. The molecule has 0 saturated heterocycles. The lowest BCUT2D eigenvalue weighted by Crippen LogP contribution is -2.17. The number of methoxy groups -OCH3 is 2. The van der Waals surface area contributed by atoms with Crippen molar-refractivity contribution in [3.8, 4) is 22.6 Å². The third-order valence-corrected chi connectivity index (χ3v) is 3.61. The van der Waals surface area contributed by atoms with Gasteiger partial charge in [0.1, 0.15) is 0 Å². The first-order valence-corrected chi connectivity index (χ1v) is 7.25. The molecule has 0 spiro atoms. The van der Waals surface area contributed by atoms with Crippen LogP contribution >= 0.6 is 0 Å². The van der Waals surface area contributed by atoms with E-state index in [1.165, 1.54) is 11.1 Å². The quantitative estimate of drug-likeness (QED) is 0.869. The van der Waals surface area contributed by atoms with Crippen molar-refractivity contribution in [1.82, 2.24) is 5.32 Å². The first-order chi connectivity index (χ1) is 10.2. The highest BCUT2D eigenvalue weighted by Gasteiger charge is 2.08. The summed E-state index contributed by atoms with van der Waals surface area (Å²) >= 11 is 0. The summed E-state index contributed by atoms with van der Waals surface area (Å²) in [6.45, 7) is 5.26. The lowest BCUT2D eigenvalue weighted by molar-refractivity contribution is 0.355. The molecule has 3 nitrogen and oxygen atoms in total. The molecule has 0 aliphatic rings. The van der Waals surface area contributed by atoms with E-state index in [-0.39, 0.29) is 0 Å². The fourth-order valence-corrected chi connectivity index (χ4v) is 2.43. The molecule has 21 heavy (non-hydrogen) atoms. The average molecular weight is 285 g/mol. The maximum absolute atomic E-state index is 5.38. The summed E-state index contributed by atoms with van der Waals surface area (Å²) < 4.78 is 10.7. The molecule has 1 N–H and O–H groups in total. The Labute approximate surface area is 126 Å². The highest BCUT2D eigenvalue weighted by atomic mass is 16.5. The number of rotatable bonds is 6. The third-order valence-electron chi connectivity index (χ3n) is 3.61. The smallest absolute Gasteiger partial charge is 0.161 e. The van der Waals surface area contributed by atoms with Crippen molar-refractivity contribution in [2.75, 3.05) is 20.8 Å². The van der Waals surface area contributed by atoms with Crippen LogP contribution in [0.3, 0.4) is 0 Å². The Morgan fingerprint density at radius 2 is 1.67 bits per heavy atom. The van der Waals surface area contributed by atoms with Gasteiger partial charge < -0.3 is 14.8 Å². The van der Waals surface area contributed by atoms with Crippen LogP contribution in [0.25, 0.3) is 11.1 Å². The third kappa shape index (κ3) is 3.56. The molecule has 112 valence electrons. The fourth-order valence-electron chi connectivity index (χ4n) is 2.43. The van der Waals surface area contributed by atoms with Crippen molar-refractivity contribution < 1.29 is 9.47 Å². The zero-order chi connectivity index (χ0) is 15.2. The lowest BCUT2D eigenvalue weighted by atomic mass is 10.00. The van der Waals surface area contributed by atoms with Gasteiger partial charge >= 0.3 is 0 Å². The van der Waals surface area contributed by atoms with Crippen molar-refractivity contribution in [2.45, 2.75) is 19.9 Å². The van der Waals surface area contributed by atoms with E-state index < -0.39 is 0 Å². The Morgan fingerprint density at radius 3 is 2.33 bits per heavy atom. The largest absolute Gasteiger partial charge is 0.493 e. The minimum absolute atomic E-state index is 0.343. The number of benzene rings is 2.